The molecule has 0 N–H and O–H groups in total. The van der Waals surface area contributed by atoms with Crippen LogP contribution in [0.2, 0.25) is 0 Å². The van der Waals surface area contributed by atoms with E-state index in [0.717, 1.165) is 17.7 Å². The average Bonchev–Trinajstić information content (AvgIpc) is 2.97. The molecule has 3 rings (SSSR count). The van der Waals surface area contributed by atoms with E-state index < -0.39 is 0 Å². The Labute approximate surface area is 233 Å². The summed E-state index contributed by atoms with van der Waals surface area (Å²) in [6.45, 7) is 4.56. The first-order valence-corrected chi connectivity index (χ1v) is 15.8. The van der Waals surface area contributed by atoms with Crippen LogP contribution in [0.3, 0.4) is 0 Å². The minimum absolute atomic E-state index is 0.991. The van der Waals surface area contributed by atoms with Gasteiger partial charge in [-0.3, -0.25) is 9.97 Å². The molecule has 0 unspecified atom stereocenters. The van der Waals surface area contributed by atoms with Crippen LogP contribution in [-0.4, -0.2) is 9.97 Å². The van der Waals surface area contributed by atoms with Crippen molar-refractivity contribution in [2.75, 3.05) is 0 Å². The molecule has 0 atom stereocenters. The molecule has 0 aliphatic heterocycles. The number of hydrogen-bond acceptors (Lipinski definition) is 2. The normalized spacial score (nSPS) is 11.2. The summed E-state index contributed by atoms with van der Waals surface area (Å²) in [7, 11) is 0. The Hall–Kier alpha value is -2.48. The zero-order valence-electron chi connectivity index (χ0n) is 24.4. The van der Waals surface area contributed by atoms with Crippen molar-refractivity contribution in [1.29, 1.82) is 0 Å². The number of pyridine rings is 2. The van der Waals surface area contributed by atoms with Gasteiger partial charge in [0.2, 0.25) is 0 Å². The molecular weight excluding hydrogens is 460 g/mol. The van der Waals surface area contributed by atoms with Gasteiger partial charge in [-0.15, -0.1) is 0 Å². The van der Waals surface area contributed by atoms with E-state index in [-0.39, 0.29) is 0 Å². The number of hydrogen-bond donors (Lipinski definition) is 0. The number of benzene rings is 1. The summed E-state index contributed by atoms with van der Waals surface area (Å²) in [5.74, 6) is 0. The number of nitrogens with zero attached hydrogens (tertiary/aromatic N) is 2. The highest BCUT2D eigenvalue weighted by atomic mass is 14.7. The molecule has 0 amide bonds. The van der Waals surface area contributed by atoms with Gasteiger partial charge in [-0.2, -0.15) is 0 Å². The summed E-state index contributed by atoms with van der Waals surface area (Å²) in [5, 5.41) is 0. The topological polar surface area (TPSA) is 25.8 Å². The molecule has 0 saturated carbocycles. The molecule has 0 radical (unpaired) electrons. The van der Waals surface area contributed by atoms with Gasteiger partial charge >= 0.3 is 0 Å². The second-order valence-electron chi connectivity index (χ2n) is 11.1. The SMILES string of the molecule is CCCCCCCCCCCCc1ccc(-c2ccc(-c3ccc(CCCCCCCC)nc3)nc2)cc1. The van der Waals surface area contributed by atoms with Crippen molar-refractivity contribution < 1.29 is 0 Å². The molecule has 0 fully saturated rings. The number of aryl methyl sites for hydroxylation is 2. The fourth-order valence-corrected chi connectivity index (χ4v) is 5.23. The molecule has 206 valence electrons. The molecule has 2 nitrogen and oxygen atoms in total. The molecule has 0 saturated heterocycles. The molecule has 0 aliphatic rings. The van der Waals surface area contributed by atoms with E-state index in [1.54, 1.807) is 0 Å². The predicted octanol–water partition coefficient (Wildman–Crippen LogP) is 11.2. The van der Waals surface area contributed by atoms with Gasteiger partial charge < -0.3 is 0 Å². The van der Waals surface area contributed by atoms with Gasteiger partial charge in [0, 0.05) is 29.2 Å². The van der Waals surface area contributed by atoms with Crippen LogP contribution in [0.4, 0.5) is 0 Å². The predicted molar refractivity (Wildman–Crippen MR) is 166 cm³/mol. The molecule has 1 aromatic carbocycles. The highest BCUT2D eigenvalue weighted by molar-refractivity contribution is 5.66. The van der Waals surface area contributed by atoms with Crippen LogP contribution in [0.1, 0.15) is 128 Å². The van der Waals surface area contributed by atoms with E-state index in [9.17, 15) is 0 Å². The Morgan fingerprint density at radius 1 is 0.421 bits per heavy atom. The van der Waals surface area contributed by atoms with Gasteiger partial charge in [0.25, 0.3) is 0 Å². The fourth-order valence-electron chi connectivity index (χ4n) is 5.23. The Morgan fingerprint density at radius 2 is 0.921 bits per heavy atom. The lowest BCUT2D eigenvalue weighted by Gasteiger charge is -2.07. The van der Waals surface area contributed by atoms with Gasteiger partial charge in [-0.25, -0.2) is 0 Å². The Morgan fingerprint density at radius 3 is 1.45 bits per heavy atom. The first kappa shape index (κ1) is 30.1. The monoisotopic (exact) mass is 512 g/mol. The number of unbranched alkanes of at least 4 members (excludes halogenated alkanes) is 14. The van der Waals surface area contributed by atoms with Crippen LogP contribution in [0, 0.1) is 0 Å². The maximum absolute atomic E-state index is 4.75. The second kappa shape index (κ2) is 18.7. The van der Waals surface area contributed by atoms with Crippen LogP contribution < -0.4 is 0 Å². The second-order valence-corrected chi connectivity index (χ2v) is 11.1. The van der Waals surface area contributed by atoms with E-state index in [1.807, 2.05) is 12.4 Å². The van der Waals surface area contributed by atoms with E-state index in [0.29, 0.717) is 0 Å². The molecule has 38 heavy (non-hydrogen) atoms. The quantitative estimate of drug-likeness (QED) is 0.141. The first-order valence-electron chi connectivity index (χ1n) is 15.8. The maximum Gasteiger partial charge on any atom is 0.0717 e. The molecular formula is C36H52N2. The Bertz CT molecular complexity index is 973. The minimum atomic E-state index is 0.991. The van der Waals surface area contributed by atoms with Gasteiger partial charge in [-0.1, -0.05) is 134 Å². The van der Waals surface area contributed by atoms with Crippen molar-refractivity contribution in [2.24, 2.45) is 0 Å². The standard InChI is InChI=1S/C36H52N2/c1-3-5-7-9-11-12-13-14-15-17-19-31-21-23-32(24-22-31)33-26-28-36(38-29-33)34-25-27-35(37-30-34)20-18-16-10-8-6-4-2/h21-30H,3-20H2,1-2H3. The highest BCUT2D eigenvalue weighted by Crippen LogP contribution is 2.24. The molecule has 0 bridgehead atoms. The highest BCUT2D eigenvalue weighted by Gasteiger charge is 2.04. The Balaban J connectivity index is 1.36. The van der Waals surface area contributed by atoms with E-state index in [1.165, 1.54) is 132 Å². The third-order valence-corrected chi connectivity index (χ3v) is 7.78. The third kappa shape index (κ3) is 11.5. The van der Waals surface area contributed by atoms with Crippen LogP contribution in [-0.2, 0) is 12.8 Å². The van der Waals surface area contributed by atoms with E-state index >= 15 is 0 Å². The van der Waals surface area contributed by atoms with Crippen LogP contribution in [0.15, 0.2) is 60.9 Å². The van der Waals surface area contributed by atoms with Crippen molar-refractivity contribution in [1.82, 2.24) is 9.97 Å². The molecule has 3 aromatic rings. The third-order valence-electron chi connectivity index (χ3n) is 7.78. The summed E-state index contributed by atoms with van der Waals surface area (Å²) in [5.41, 5.74) is 7.14. The van der Waals surface area contributed by atoms with Crippen molar-refractivity contribution in [3.63, 3.8) is 0 Å². The maximum atomic E-state index is 4.75. The van der Waals surface area contributed by atoms with Crippen molar-refractivity contribution in [3.05, 3.63) is 72.2 Å². The van der Waals surface area contributed by atoms with Crippen LogP contribution >= 0.6 is 0 Å². The summed E-state index contributed by atoms with van der Waals surface area (Å²) in [6, 6.07) is 17.7. The van der Waals surface area contributed by atoms with E-state index in [4.69, 9.17) is 9.97 Å². The van der Waals surface area contributed by atoms with E-state index in [2.05, 4.69) is 62.4 Å². The van der Waals surface area contributed by atoms with Gasteiger partial charge in [-0.05, 0) is 55.0 Å². The summed E-state index contributed by atoms with van der Waals surface area (Å²) in [4.78, 5) is 9.45. The first-order chi connectivity index (χ1) is 18.8. The van der Waals surface area contributed by atoms with Crippen molar-refractivity contribution in [2.45, 2.75) is 129 Å². The van der Waals surface area contributed by atoms with Gasteiger partial charge in [0.1, 0.15) is 0 Å². The van der Waals surface area contributed by atoms with Crippen molar-refractivity contribution in [3.8, 4) is 22.4 Å². The molecule has 0 spiro atoms. The lowest BCUT2D eigenvalue weighted by Crippen LogP contribution is -1.92. The molecule has 2 aromatic heterocycles. The smallest absolute Gasteiger partial charge is 0.0717 e. The summed E-state index contributed by atoms with van der Waals surface area (Å²) < 4.78 is 0. The minimum Gasteiger partial charge on any atom is -0.261 e. The van der Waals surface area contributed by atoms with Crippen LogP contribution in [0.25, 0.3) is 22.4 Å². The van der Waals surface area contributed by atoms with Crippen LogP contribution in [0.5, 0.6) is 0 Å². The lowest BCUT2D eigenvalue weighted by molar-refractivity contribution is 0.556. The largest absolute Gasteiger partial charge is 0.261 e. The van der Waals surface area contributed by atoms with Gasteiger partial charge in [0.05, 0.1) is 5.69 Å². The number of aromatic nitrogens is 2. The van der Waals surface area contributed by atoms with Gasteiger partial charge in [0.15, 0.2) is 0 Å². The van der Waals surface area contributed by atoms with Crippen molar-refractivity contribution >= 4 is 0 Å². The summed E-state index contributed by atoms with van der Waals surface area (Å²) >= 11 is 0. The Kier molecular flexibility index (Phi) is 14.8. The molecule has 0 aliphatic carbocycles. The average molecular weight is 513 g/mol. The number of rotatable bonds is 20. The summed E-state index contributed by atoms with van der Waals surface area (Å²) in [6.07, 6.45) is 28.1. The molecule has 2 heteroatoms. The zero-order valence-corrected chi connectivity index (χ0v) is 24.4. The fraction of sp³-hybridized carbons (Fsp3) is 0.556. The zero-order chi connectivity index (χ0) is 26.7. The lowest BCUT2D eigenvalue weighted by atomic mass is 10.0. The molecule has 2 heterocycles.